The van der Waals surface area contributed by atoms with E-state index in [1.807, 2.05) is 12.1 Å². The Morgan fingerprint density at radius 1 is 1.15 bits per heavy atom. The van der Waals surface area contributed by atoms with E-state index in [0.29, 0.717) is 17.2 Å². The maximum atomic E-state index is 9.68. The Balaban J connectivity index is 1.82. The zero-order valence-corrected chi connectivity index (χ0v) is 12.9. The van der Waals surface area contributed by atoms with E-state index >= 15 is 0 Å². The van der Waals surface area contributed by atoms with E-state index in [2.05, 4.69) is 24.8 Å². The highest BCUT2D eigenvalue weighted by Crippen LogP contribution is 2.39. The first kappa shape index (κ1) is 13.9. The largest absolute Gasteiger partial charge is 0.508 e. The average molecular weight is 273 g/mol. The minimum Gasteiger partial charge on any atom is -0.508 e. The van der Waals surface area contributed by atoms with Crippen molar-refractivity contribution in [2.75, 3.05) is 13.1 Å². The van der Waals surface area contributed by atoms with Crippen molar-refractivity contribution in [2.24, 2.45) is 5.41 Å². The molecule has 1 fully saturated rings. The fraction of sp³-hybridized carbons (Fsp3) is 0.667. The van der Waals surface area contributed by atoms with Crippen molar-refractivity contribution in [1.29, 1.82) is 0 Å². The molecule has 2 nitrogen and oxygen atoms in total. The molecule has 1 atom stereocenters. The number of phenolic OH excluding ortho intramolecular Hbond substituents is 1. The fourth-order valence-corrected chi connectivity index (χ4v) is 3.91. The lowest BCUT2D eigenvalue weighted by atomic mass is 9.85. The Morgan fingerprint density at radius 3 is 2.85 bits per heavy atom. The third-order valence-electron chi connectivity index (χ3n) is 5.22. The molecule has 2 heteroatoms. The van der Waals surface area contributed by atoms with Crippen LogP contribution < -0.4 is 0 Å². The van der Waals surface area contributed by atoms with Crippen LogP contribution in [-0.4, -0.2) is 23.1 Å². The first-order valence-corrected chi connectivity index (χ1v) is 8.11. The van der Waals surface area contributed by atoms with E-state index in [4.69, 9.17) is 0 Å². The molecule has 0 radical (unpaired) electrons. The van der Waals surface area contributed by atoms with E-state index in [1.165, 1.54) is 56.3 Å². The number of fused-ring (bicyclic) bond motifs is 1. The van der Waals surface area contributed by atoms with Crippen molar-refractivity contribution in [3.05, 3.63) is 29.3 Å². The SMILES string of the molecule is CC1(C)CCCN(C2CCCc3cc(O)ccc32)CC1. The summed E-state index contributed by atoms with van der Waals surface area (Å²) in [6.07, 6.45) is 7.62. The van der Waals surface area contributed by atoms with Gasteiger partial charge in [0.15, 0.2) is 0 Å². The number of rotatable bonds is 1. The van der Waals surface area contributed by atoms with E-state index < -0.39 is 0 Å². The summed E-state index contributed by atoms with van der Waals surface area (Å²) in [6, 6.07) is 6.57. The molecular formula is C18H27NO. The van der Waals surface area contributed by atoms with Gasteiger partial charge in [0.25, 0.3) is 0 Å². The standard InChI is InChI=1S/C18H27NO/c1-18(2)9-4-11-19(12-10-18)17-6-3-5-14-13-15(20)7-8-16(14)17/h7-8,13,17,20H,3-6,9-12H2,1-2H3. The van der Waals surface area contributed by atoms with Crippen LogP contribution in [0.1, 0.15) is 63.1 Å². The van der Waals surface area contributed by atoms with Crippen LogP contribution in [0.15, 0.2) is 18.2 Å². The van der Waals surface area contributed by atoms with Crippen molar-refractivity contribution < 1.29 is 5.11 Å². The first-order valence-electron chi connectivity index (χ1n) is 8.11. The third-order valence-corrected chi connectivity index (χ3v) is 5.22. The quantitative estimate of drug-likeness (QED) is 0.825. The van der Waals surface area contributed by atoms with Crippen LogP contribution in [0, 0.1) is 5.41 Å². The lowest BCUT2D eigenvalue weighted by molar-refractivity contribution is 0.178. The van der Waals surface area contributed by atoms with Gasteiger partial charge in [0.05, 0.1) is 0 Å². The van der Waals surface area contributed by atoms with E-state index in [-0.39, 0.29) is 0 Å². The number of hydrogen-bond donors (Lipinski definition) is 1. The monoisotopic (exact) mass is 273 g/mol. The smallest absolute Gasteiger partial charge is 0.115 e. The summed E-state index contributed by atoms with van der Waals surface area (Å²) < 4.78 is 0. The molecule has 1 aliphatic carbocycles. The minimum absolute atomic E-state index is 0.418. The zero-order valence-electron chi connectivity index (χ0n) is 12.9. The van der Waals surface area contributed by atoms with Crippen molar-refractivity contribution >= 4 is 0 Å². The summed E-state index contributed by atoms with van der Waals surface area (Å²) in [6.45, 7) is 7.26. The van der Waals surface area contributed by atoms with Gasteiger partial charge in [-0.05, 0) is 80.3 Å². The van der Waals surface area contributed by atoms with Crippen LogP contribution >= 0.6 is 0 Å². The maximum Gasteiger partial charge on any atom is 0.115 e. The molecule has 1 aromatic carbocycles. The molecule has 0 spiro atoms. The van der Waals surface area contributed by atoms with Gasteiger partial charge in [0, 0.05) is 6.04 Å². The van der Waals surface area contributed by atoms with Gasteiger partial charge in [-0.1, -0.05) is 19.9 Å². The second-order valence-corrected chi connectivity index (χ2v) is 7.34. The Bertz CT molecular complexity index is 480. The van der Waals surface area contributed by atoms with Crippen molar-refractivity contribution in [3.8, 4) is 5.75 Å². The molecule has 1 saturated heterocycles. The minimum atomic E-state index is 0.418. The molecule has 20 heavy (non-hydrogen) atoms. The molecule has 3 rings (SSSR count). The van der Waals surface area contributed by atoms with Gasteiger partial charge in [-0.2, -0.15) is 0 Å². The molecular weight excluding hydrogens is 246 g/mol. The molecule has 1 unspecified atom stereocenters. The highest BCUT2D eigenvalue weighted by Gasteiger charge is 2.30. The van der Waals surface area contributed by atoms with Crippen LogP contribution in [0.25, 0.3) is 0 Å². The highest BCUT2D eigenvalue weighted by molar-refractivity contribution is 5.38. The molecule has 0 saturated carbocycles. The van der Waals surface area contributed by atoms with Gasteiger partial charge in [-0.15, -0.1) is 0 Å². The Morgan fingerprint density at radius 2 is 2.00 bits per heavy atom. The van der Waals surface area contributed by atoms with Crippen LogP contribution in [0.2, 0.25) is 0 Å². The van der Waals surface area contributed by atoms with Gasteiger partial charge in [0.1, 0.15) is 5.75 Å². The molecule has 0 aromatic heterocycles. The first-order chi connectivity index (χ1) is 9.55. The van der Waals surface area contributed by atoms with Gasteiger partial charge in [-0.3, -0.25) is 4.90 Å². The normalized spacial score (nSPS) is 26.8. The van der Waals surface area contributed by atoms with Crippen molar-refractivity contribution in [1.82, 2.24) is 4.90 Å². The molecule has 1 aromatic rings. The Hall–Kier alpha value is -1.02. The number of aryl methyl sites for hydroxylation is 1. The number of benzene rings is 1. The predicted octanol–water partition coefficient (Wildman–Crippen LogP) is 4.28. The molecule has 1 aliphatic heterocycles. The summed E-state index contributed by atoms with van der Waals surface area (Å²) in [5.74, 6) is 0.418. The van der Waals surface area contributed by atoms with E-state index in [0.717, 1.165) is 6.42 Å². The van der Waals surface area contributed by atoms with Crippen molar-refractivity contribution in [2.45, 2.75) is 58.4 Å². The molecule has 110 valence electrons. The van der Waals surface area contributed by atoms with Crippen LogP contribution in [0.4, 0.5) is 0 Å². The second-order valence-electron chi connectivity index (χ2n) is 7.34. The van der Waals surface area contributed by atoms with Gasteiger partial charge in [0.2, 0.25) is 0 Å². The maximum absolute atomic E-state index is 9.68. The zero-order chi connectivity index (χ0) is 14.2. The lowest BCUT2D eigenvalue weighted by Gasteiger charge is -2.35. The van der Waals surface area contributed by atoms with Crippen LogP contribution in [0.5, 0.6) is 5.75 Å². The molecule has 2 aliphatic rings. The number of hydrogen-bond acceptors (Lipinski definition) is 2. The summed E-state index contributed by atoms with van der Waals surface area (Å²) in [5.41, 5.74) is 3.33. The van der Waals surface area contributed by atoms with E-state index in [1.54, 1.807) is 0 Å². The van der Waals surface area contributed by atoms with Crippen LogP contribution in [0.3, 0.4) is 0 Å². The predicted molar refractivity (Wildman–Crippen MR) is 83.0 cm³/mol. The lowest BCUT2D eigenvalue weighted by Crippen LogP contribution is -2.32. The second kappa shape index (κ2) is 5.40. The molecule has 1 heterocycles. The average Bonchev–Trinajstić information content (AvgIpc) is 2.59. The topological polar surface area (TPSA) is 23.5 Å². The highest BCUT2D eigenvalue weighted by atomic mass is 16.3. The van der Waals surface area contributed by atoms with Gasteiger partial charge >= 0.3 is 0 Å². The summed E-state index contributed by atoms with van der Waals surface area (Å²) in [7, 11) is 0. The van der Waals surface area contributed by atoms with E-state index in [9.17, 15) is 5.11 Å². The van der Waals surface area contributed by atoms with Crippen LogP contribution in [-0.2, 0) is 6.42 Å². The third kappa shape index (κ3) is 2.85. The van der Waals surface area contributed by atoms with Crippen molar-refractivity contribution in [3.63, 3.8) is 0 Å². The fourth-order valence-electron chi connectivity index (χ4n) is 3.91. The number of aromatic hydroxyl groups is 1. The Kier molecular flexibility index (Phi) is 3.76. The summed E-state index contributed by atoms with van der Waals surface area (Å²) in [5, 5.41) is 9.68. The molecule has 0 amide bonds. The van der Waals surface area contributed by atoms with Gasteiger partial charge in [-0.25, -0.2) is 0 Å². The number of phenols is 1. The summed E-state index contributed by atoms with van der Waals surface area (Å²) >= 11 is 0. The molecule has 1 N–H and O–H groups in total. The Labute approximate surface area is 122 Å². The summed E-state index contributed by atoms with van der Waals surface area (Å²) in [4.78, 5) is 2.70. The number of nitrogens with zero attached hydrogens (tertiary/aromatic N) is 1. The van der Waals surface area contributed by atoms with Gasteiger partial charge < -0.3 is 5.11 Å². The number of likely N-dealkylation sites (tertiary alicyclic amines) is 1. The molecule has 0 bridgehead atoms.